The van der Waals surface area contributed by atoms with Crippen LogP contribution in [0.2, 0.25) is 5.15 Å². The largest absolute Gasteiger partial charge is 0.353 e. The summed E-state index contributed by atoms with van der Waals surface area (Å²) in [4.78, 5) is 23.9. The molecular formula is C12H15ClN4O. The van der Waals surface area contributed by atoms with Gasteiger partial charge in [-0.2, -0.15) is 0 Å². The topological polar surface area (TPSA) is 49.3 Å². The second-order valence-corrected chi connectivity index (χ2v) is 5.16. The molecule has 2 aliphatic heterocycles. The number of carbonyl (C=O) groups excluding carboxylic acids is 1. The van der Waals surface area contributed by atoms with Crippen molar-refractivity contribution in [3.63, 3.8) is 0 Å². The SMILES string of the molecule is O=Cc1c(Cl)ncnc1N1CCN2CCCC2C1. The number of nitrogens with zero attached hydrogens (tertiary/aromatic N) is 4. The minimum absolute atomic E-state index is 0.240. The molecule has 0 aromatic carbocycles. The van der Waals surface area contributed by atoms with Crippen LogP contribution in [0.3, 0.4) is 0 Å². The van der Waals surface area contributed by atoms with Crippen LogP contribution < -0.4 is 4.90 Å². The summed E-state index contributed by atoms with van der Waals surface area (Å²) >= 11 is 5.94. The molecule has 3 heterocycles. The lowest BCUT2D eigenvalue weighted by Crippen LogP contribution is -2.50. The fourth-order valence-corrected chi connectivity index (χ4v) is 3.08. The molecule has 0 spiro atoms. The van der Waals surface area contributed by atoms with Crippen molar-refractivity contribution in [2.75, 3.05) is 31.1 Å². The van der Waals surface area contributed by atoms with Gasteiger partial charge in [0.25, 0.3) is 0 Å². The number of piperazine rings is 1. The van der Waals surface area contributed by atoms with E-state index in [1.807, 2.05) is 0 Å². The predicted octanol–water partition coefficient (Wildman–Crippen LogP) is 1.23. The number of fused-ring (bicyclic) bond motifs is 1. The van der Waals surface area contributed by atoms with Gasteiger partial charge in [-0.05, 0) is 19.4 Å². The van der Waals surface area contributed by atoms with E-state index < -0.39 is 0 Å². The Labute approximate surface area is 111 Å². The van der Waals surface area contributed by atoms with E-state index in [-0.39, 0.29) is 5.15 Å². The third kappa shape index (κ3) is 1.97. The van der Waals surface area contributed by atoms with Gasteiger partial charge < -0.3 is 4.90 Å². The van der Waals surface area contributed by atoms with Crippen LogP contribution in [0.4, 0.5) is 5.82 Å². The maximum Gasteiger partial charge on any atom is 0.156 e. The zero-order chi connectivity index (χ0) is 12.5. The van der Waals surface area contributed by atoms with Crippen molar-refractivity contribution in [1.29, 1.82) is 0 Å². The molecule has 3 rings (SSSR count). The molecule has 0 radical (unpaired) electrons. The van der Waals surface area contributed by atoms with Crippen LogP contribution in [0.5, 0.6) is 0 Å². The van der Waals surface area contributed by atoms with E-state index in [1.165, 1.54) is 25.7 Å². The number of halogens is 1. The molecule has 5 nitrogen and oxygen atoms in total. The highest BCUT2D eigenvalue weighted by molar-refractivity contribution is 6.32. The summed E-state index contributed by atoms with van der Waals surface area (Å²) in [6, 6.07) is 0.590. The molecule has 1 aromatic heterocycles. The molecule has 0 aliphatic carbocycles. The summed E-state index contributed by atoms with van der Waals surface area (Å²) < 4.78 is 0. The lowest BCUT2D eigenvalue weighted by molar-refractivity contribution is 0.112. The van der Waals surface area contributed by atoms with Gasteiger partial charge in [0.1, 0.15) is 17.3 Å². The second kappa shape index (κ2) is 4.82. The third-order valence-electron chi connectivity index (χ3n) is 3.82. The number of hydrogen-bond donors (Lipinski definition) is 0. The standard InChI is InChI=1S/C12H15ClN4O/c13-11-10(7-18)12(15-8-14-11)17-5-4-16-3-1-2-9(16)6-17/h7-9H,1-6H2. The van der Waals surface area contributed by atoms with Gasteiger partial charge in [0.05, 0.1) is 5.56 Å². The normalized spacial score (nSPS) is 24.1. The summed E-state index contributed by atoms with van der Waals surface area (Å²) in [6.07, 6.45) is 4.67. The Morgan fingerprint density at radius 3 is 3.06 bits per heavy atom. The number of anilines is 1. The lowest BCUT2D eigenvalue weighted by Gasteiger charge is -2.38. The monoisotopic (exact) mass is 266 g/mol. The van der Waals surface area contributed by atoms with Crippen molar-refractivity contribution in [3.05, 3.63) is 17.0 Å². The Kier molecular flexibility index (Phi) is 3.18. The molecule has 1 unspecified atom stereocenters. The van der Waals surface area contributed by atoms with E-state index in [9.17, 15) is 4.79 Å². The van der Waals surface area contributed by atoms with Gasteiger partial charge >= 0.3 is 0 Å². The molecular weight excluding hydrogens is 252 g/mol. The Hall–Kier alpha value is -1.20. The molecule has 2 aliphatic rings. The molecule has 0 amide bonds. The summed E-state index contributed by atoms with van der Waals surface area (Å²) in [5.41, 5.74) is 0.408. The Balaban J connectivity index is 1.87. The van der Waals surface area contributed by atoms with E-state index in [2.05, 4.69) is 19.8 Å². The van der Waals surface area contributed by atoms with Crippen LogP contribution in [0.25, 0.3) is 0 Å². The van der Waals surface area contributed by atoms with Crippen LogP contribution in [-0.2, 0) is 0 Å². The average molecular weight is 267 g/mol. The molecule has 18 heavy (non-hydrogen) atoms. The van der Waals surface area contributed by atoms with Gasteiger partial charge in [-0.3, -0.25) is 9.69 Å². The zero-order valence-corrected chi connectivity index (χ0v) is 10.8. The highest BCUT2D eigenvalue weighted by atomic mass is 35.5. The Morgan fingerprint density at radius 2 is 2.22 bits per heavy atom. The first-order valence-corrected chi connectivity index (χ1v) is 6.62. The van der Waals surface area contributed by atoms with E-state index >= 15 is 0 Å². The second-order valence-electron chi connectivity index (χ2n) is 4.80. The maximum atomic E-state index is 11.1. The van der Waals surface area contributed by atoms with Crippen molar-refractivity contribution < 1.29 is 4.79 Å². The van der Waals surface area contributed by atoms with Crippen LogP contribution in [-0.4, -0.2) is 53.4 Å². The van der Waals surface area contributed by atoms with Gasteiger partial charge in [-0.1, -0.05) is 11.6 Å². The molecule has 1 atom stereocenters. The van der Waals surface area contributed by atoms with Gasteiger partial charge in [-0.15, -0.1) is 0 Å². The lowest BCUT2D eigenvalue weighted by atomic mass is 10.1. The fourth-order valence-electron chi connectivity index (χ4n) is 2.90. The fraction of sp³-hybridized carbons (Fsp3) is 0.583. The molecule has 0 saturated carbocycles. The highest BCUT2D eigenvalue weighted by Crippen LogP contribution is 2.27. The first-order chi connectivity index (χ1) is 8.79. The van der Waals surface area contributed by atoms with Crippen LogP contribution in [0.15, 0.2) is 6.33 Å². The predicted molar refractivity (Wildman–Crippen MR) is 69.2 cm³/mol. The highest BCUT2D eigenvalue weighted by Gasteiger charge is 2.32. The summed E-state index contributed by atoms with van der Waals surface area (Å²) in [7, 11) is 0. The van der Waals surface area contributed by atoms with Gasteiger partial charge in [-0.25, -0.2) is 9.97 Å². The number of hydrogen-bond acceptors (Lipinski definition) is 5. The Morgan fingerprint density at radius 1 is 1.33 bits per heavy atom. The van der Waals surface area contributed by atoms with E-state index in [0.717, 1.165) is 25.9 Å². The van der Waals surface area contributed by atoms with Crippen LogP contribution in [0.1, 0.15) is 23.2 Å². The molecule has 2 fully saturated rings. The first kappa shape index (κ1) is 11.9. The quantitative estimate of drug-likeness (QED) is 0.595. The van der Waals surface area contributed by atoms with Gasteiger partial charge in [0.15, 0.2) is 6.29 Å². The summed E-state index contributed by atoms with van der Waals surface area (Å²) in [6.45, 7) is 4.05. The van der Waals surface area contributed by atoms with Crippen molar-refractivity contribution in [1.82, 2.24) is 14.9 Å². The van der Waals surface area contributed by atoms with Crippen LogP contribution in [0, 0.1) is 0 Å². The van der Waals surface area contributed by atoms with E-state index in [4.69, 9.17) is 11.6 Å². The number of aldehydes is 1. The van der Waals surface area contributed by atoms with Gasteiger partial charge in [0.2, 0.25) is 0 Å². The summed E-state index contributed by atoms with van der Waals surface area (Å²) in [5.74, 6) is 0.677. The molecule has 1 aromatic rings. The average Bonchev–Trinajstić information content (AvgIpc) is 2.85. The Bertz CT molecular complexity index is 467. The third-order valence-corrected chi connectivity index (χ3v) is 4.12. The van der Waals surface area contributed by atoms with E-state index in [0.29, 0.717) is 17.4 Å². The van der Waals surface area contributed by atoms with Crippen molar-refractivity contribution in [2.24, 2.45) is 0 Å². The smallest absolute Gasteiger partial charge is 0.156 e. The molecule has 0 N–H and O–H groups in total. The van der Waals surface area contributed by atoms with Crippen molar-refractivity contribution >= 4 is 23.7 Å². The van der Waals surface area contributed by atoms with Crippen molar-refractivity contribution in [2.45, 2.75) is 18.9 Å². The van der Waals surface area contributed by atoms with Crippen LogP contribution >= 0.6 is 11.6 Å². The number of rotatable bonds is 2. The molecule has 2 saturated heterocycles. The number of carbonyl (C=O) groups is 1. The van der Waals surface area contributed by atoms with Crippen molar-refractivity contribution in [3.8, 4) is 0 Å². The first-order valence-electron chi connectivity index (χ1n) is 6.24. The minimum atomic E-state index is 0.240. The van der Waals surface area contributed by atoms with Gasteiger partial charge in [0, 0.05) is 25.7 Å². The minimum Gasteiger partial charge on any atom is -0.353 e. The zero-order valence-electron chi connectivity index (χ0n) is 10.0. The number of aromatic nitrogens is 2. The molecule has 6 heteroatoms. The summed E-state index contributed by atoms with van der Waals surface area (Å²) in [5, 5.41) is 0.240. The maximum absolute atomic E-state index is 11.1. The van der Waals surface area contributed by atoms with E-state index in [1.54, 1.807) is 0 Å². The molecule has 96 valence electrons. The molecule has 0 bridgehead atoms.